The first kappa shape index (κ1) is 15.0. The first-order valence-corrected chi connectivity index (χ1v) is 8.11. The van der Waals surface area contributed by atoms with Crippen molar-refractivity contribution in [1.82, 2.24) is 30.1 Å². The third kappa shape index (κ3) is 3.08. The van der Waals surface area contributed by atoms with Crippen LogP contribution < -0.4 is 5.32 Å². The predicted octanol–water partition coefficient (Wildman–Crippen LogP) is 1.56. The lowest BCUT2D eigenvalue weighted by Gasteiger charge is -2.30. The highest BCUT2D eigenvalue weighted by atomic mass is 16.5. The van der Waals surface area contributed by atoms with Crippen LogP contribution in [0.25, 0.3) is 11.5 Å². The molecule has 0 radical (unpaired) electrons. The van der Waals surface area contributed by atoms with Crippen molar-refractivity contribution in [2.75, 3.05) is 26.7 Å². The fourth-order valence-electron chi connectivity index (χ4n) is 2.92. The fourth-order valence-corrected chi connectivity index (χ4v) is 2.92. The van der Waals surface area contributed by atoms with Crippen LogP contribution in [-0.4, -0.2) is 51.5 Å². The summed E-state index contributed by atoms with van der Waals surface area (Å²) >= 11 is 0. The van der Waals surface area contributed by atoms with Crippen molar-refractivity contribution >= 4 is 0 Å². The average Bonchev–Trinajstić information content (AvgIpc) is 3.28. The summed E-state index contributed by atoms with van der Waals surface area (Å²) in [6.45, 7) is 3.57. The van der Waals surface area contributed by atoms with Crippen LogP contribution in [0.4, 0.5) is 0 Å². The highest BCUT2D eigenvalue weighted by Gasteiger charge is 2.25. The number of likely N-dealkylation sites (N-methyl/N-ethyl adjacent to an activating group) is 1. The summed E-state index contributed by atoms with van der Waals surface area (Å²) in [7, 11) is 2.09. The van der Waals surface area contributed by atoms with E-state index in [2.05, 4.69) is 44.6 Å². The second-order valence-corrected chi connectivity index (χ2v) is 6.06. The molecule has 0 spiro atoms. The maximum Gasteiger partial charge on any atom is 0.257 e. The number of hydrogen-bond donors (Lipinski definition) is 1. The number of nitrogens with zero attached hydrogens (tertiary/aromatic N) is 5. The number of aromatic nitrogens is 4. The molecule has 4 rings (SSSR count). The van der Waals surface area contributed by atoms with Crippen molar-refractivity contribution in [1.29, 1.82) is 0 Å². The van der Waals surface area contributed by atoms with E-state index in [1.165, 1.54) is 5.56 Å². The van der Waals surface area contributed by atoms with Gasteiger partial charge in [-0.2, -0.15) is 10.1 Å². The van der Waals surface area contributed by atoms with E-state index in [1.54, 1.807) is 6.20 Å². The summed E-state index contributed by atoms with van der Waals surface area (Å²) in [5, 5.41) is 11.8. The quantitative estimate of drug-likeness (QED) is 0.785. The number of rotatable bonds is 4. The lowest BCUT2D eigenvalue weighted by atomic mass is 10.1. The SMILES string of the molecule is CN1CCNCC1c1noc(-c2ccc(Cn3cccn3)cc2)n1. The third-order valence-electron chi connectivity index (χ3n) is 4.36. The van der Waals surface area contributed by atoms with Gasteiger partial charge < -0.3 is 9.84 Å². The fraction of sp³-hybridized carbons (Fsp3) is 0.353. The molecule has 7 nitrogen and oxygen atoms in total. The molecule has 3 aromatic rings. The van der Waals surface area contributed by atoms with E-state index in [-0.39, 0.29) is 6.04 Å². The molecular formula is C17H20N6O. The Morgan fingerprint density at radius 1 is 1.29 bits per heavy atom. The summed E-state index contributed by atoms with van der Waals surface area (Å²) < 4.78 is 7.36. The van der Waals surface area contributed by atoms with Gasteiger partial charge in [0.15, 0.2) is 5.82 Å². The second kappa shape index (κ2) is 6.54. The molecule has 2 aromatic heterocycles. The van der Waals surface area contributed by atoms with E-state index < -0.39 is 0 Å². The van der Waals surface area contributed by atoms with Gasteiger partial charge in [-0.25, -0.2) is 0 Å². The topological polar surface area (TPSA) is 72.0 Å². The molecule has 1 saturated heterocycles. The van der Waals surface area contributed by atoms with Gasteiger partial charge in [0.25, 0.3) is 5.89 Å². The van der Waals surface area contributed by atoms with Gasteiger partial charge in [0.2, 0.25) is 0 Å². The van der Waals surface area contributed by atoms with Crippen LogP contribution in [0.5, 0.6) is 0 Å². The summed E-state index contributed by atoms with van der Waals surface area (Å²) in [4.78, 5) is 6.83. The van der Waals surface area contributed by atoms with Gasteiger partial charge in [0.1, 0.15) is 0 Å². The summed E-state index contributed by atoms with van der Waals surface area (Å²) in [6.07, 6.45) is 3.73. The molecule has 0 aliphatic carbocycles. The van der Waals surface area contributed by atoms with E-state index in [9.17, 15) is 0 Å². The number of nitrogens with one attached hydrogen (secondary N) is 1. The largest absolute Gasteiger partial charge is 0.334 e. The molecule has 24 heavy (non-hydrogen) atoms. The van der Waals surface area contributed by atoms with Gasteiger partial charge in [-0.05, 0) is 30.8 Å². The molecule has 124 valence electrons. The van der Waals surface area contributed by atoms with E-state index in [4.69, 9.17) is 4.52 Å². The normalized spacial score (nSPS) is 18.8. The first-order chi connectivity index (χ1) is 11.8. The van der Waals surface area contributed by atoms with Gasteiger partial charge in [-0.15, -0.1) is 0 Å². The van der Waals surface area contributed by atoms with Crippen LogP contribution in [0.1, 0.15) is 17.4 Å². The number of hydrogen-bond acceptors (Lipinski definition) is 6. The first-order valence-electron chi connectivity index (χ1n) is 8.11. The summed E-state index contributed by atoms with van der Waals surface area (Å²) in [5.74, 6) is 1.30. The molecule has 0 bridgehead atoms. The molecule has 1 aromatic carbocycles. The Labute approximate surface area is 140 Å². The minimum absolute atomic E-state index is 0.162. The molecule has 1 atom stereocenters. The number of piperazine rings is 1. The molecule has 1 fully saturated rings. The highest BCUT2D eigenvalue weighted by molar-refractivity contribution is 5.53. The van der Waals surface area contributed by atoms with Crippen LogP contribution in [0.2, 0.25) is 0 Å². The molecular weight excluding hydrogens is 304 g/mol. The summed E-state index contributed by atoms with van der Waals surface area (Å²) in [6, 6.07) is 10.2. The van der Waals surface area contributed by atoms with Gasteiger partial charge >= 0.3 is 0 Å². The van der Waals surface area contributed by atoms with E-state index in [0.29, 0.717) is 5.89 Å². The second-order valence-electron chi connectivity index (χ2n) is 6.06. The van der Waals surface area contributed by atoms with Crippen LogP contribution in [-0.2, 0) is 6.54 Å². The maximum atomic E-state index is 5.46. The smallest absolute Gasteiger partial charge is 0.257 e. The Hall–Kier alpha value is -2.51. The molecule has 1 N–H and O–H groups in total. The molecule has 7 heteroatoms. The Balaban J connectivity index is 1.49. The van der Waals surface area contributed by atoms with Crippen LogP contribution in [0.15, 0.2) is 47.2 Å². The van der Waals surface area contributed by atoms with Crippen molar-refractivity contribution in [2.24, 2.45) is 0 Å². The molecule has 0 saturated carbocycles. The molecule has 0 amide bonds. The standard InChI is InChI=1S/C17H20N6O/c1-22-10-8-18-11-15(22)16-20-17(24-21-16)14-5-3-13(4-6-14)12-23-9-2-7-19-23/h2-7,9,15,18H,8,10-12H2,1H3. The van der Waals surface area contributed by atoms with Crippen molar-refractivity contribution in [3.05, 3.63) is 54.1 Å². The highest BCUT2D eigenvalue weighted by Crippen LogP contribution is 2.23. The van der Waals surface area contributed by atoms with Crippen LogP contribution in [0.3, 0.4) is 0 Å². The van der Waals surface area contributed by atoms with Crippen molar-refractivity contribution in [3.63, 3.8) is 0 Å². The molecule has 3 heterocycles. The zero-order valence-electron chi connectivity index (χ0n) is 13.6. The van der Waals surface area contributed by atoms with Crippen molar-refractivity contribution in [2.45, 2.75) is 12.6 Å². The van der Waals surface area contributed by atoms with Crippen LogP contribution >= 0.6 is 0 Å². The Bertz CT molecular complexity index is 780. The van der Waals surface area contributed by atoms with Crippen LogP contribution in [0, 0.1) is 0 Å². The van der Waals surface area contributed by atoms with E-state index in [0.717, 1.165) is 37.6 Å². The molecule has 1 aliphatic rings. The average molecular weight is 324 g/mol. The van der Waals surface area contributed by atoms with Crippen molar-refractivity contribution in [3.8, 4) is 11.5 Å². The van der Waals surface area contributed by atoms with Crippen molar-refractivity contribution < 1.29 is 4.52 Å². The maximum absolute atomic E-state index is 5.46. The summed E-state index contributed by atoms with van der Waals surface area (Å²) in [5.41, 5.74) is 2.11. The molecule has 1 unspecified atom stereocenters. The zero-order valence-corrected chi connectivity index (χ0v) is 13.6. The predicted molar refractivity (Wildman–Crippen MR) is 89.3 cm³/mol. The third-order valence-corrected chi connectivity index (χ3v) is 4.36. The monoisotopic (exact) mass is 324 g/mol. The van der Waals surface area contributed by atoms with Gasteiger partial charge in [0.05, 0.1) is 12.6 Å². The van der Waals surface area contributed by atoms with Gasteiger partial charge in [-0.1, -0.05) is 17.3 Å². The minimum Gasteiger partial charge on any atom is -0.334 e. The molecule has 1 aliphatic heterocycles. The Morgan fingerprint density at radius 2 is 2.17 bits per heavy atom. The Morgan fingerprint density at radius 3 is 2.92 bits per heavy atom. The number of benzene rings is 1. The lowest BCUT2D eigenvalue weighted by molar-refractivity contribution is 0.190. The van der Waals surface area contributed by atoms with E-state index >= 15 is 0 Å². The van der Waals surface area contributed by atoms with Gasteiger partial charge in [0, 0.05) is 37.6 Å². The minimum atomic E-state index is 0.162. The lowest BCUT2D eigenvalue weighted by Crippen LogP contribution is -2.44. The Kier molecular flexibility index (Phi) is 4.10. The van der Waals surface area contributed by atoms with Gasteiger partial charge in [-0.3, -0.25) is 9.58 Å². The van der Waals surface area contributed by atoms with E-state index in [1.807, 2.05) is 29.1 Å². The zero-order chi connectivity index (χ0) is 16.4.